The fourth-order valence-electron chi connectivity index (χ4n) is 1.57. The summed E-state index contributed by atoms with van der Waals surface area (Å²) in [5.41, 5.74) is 0.807. The SMILES string of the molecule is COc1ccc(C)cc1S(=O)(=O)N/N=C/c1ccco1. The molecule has 6 nitrogen and oxygen atoms in total. The molecule has 0 aliphatic carbocycles. The van der Waals surface area contributed by atoms with Crippen LogP contribution >= 0.6 is 0 Å². The molecule has 2 rings (SSSR count). The van der Waals surface area contributed by atoms with Gasteiger partial charge in [0.05, 0.1) is 19.6 Å². The average molecular weight is 294 g/mol. The number of benzene rings is 1. The Morgan fingerprint density at radius 1 is 1.35 bits per heavy atom. The van der Waals surface area contributed by atoms with Crippen LogP contribution in [-0.2, 0) is 10.0 Å². The number of sulfonamides is 1. The van der Waals surface area contributed by atoms with Crippen molar-refractivity contribution in [1.29, 1.82) is 0 Å². The van der Waals surface area contributed by atoms with Crippen LogP contribution in [0.25, 0.3) is 0 Å². The molecule has 0 saturated carbocycles. The molecule has 1 aromatic heterocycles. The van der Waals surface area contributed by atoms with Gasteiger partial charge in [-0.2, -0.15) is 18.4 Å². The van der Waals surface area contributed by atoms with E-state index in [9.17, 15) is 8.42 Å². The lowest BCUT2D eigenvalue weighted by Gasteiger charge is -2.09. The van der Waals surface area contributed by atoms with E-state index in [-0.39, 0.29) is 10.6 Å². The molecule has 7 heteroatoms. The van der Waals surface area contributed by atoms with E-state index in [0.717, 1.165) is 5.56 Å². The minimum absolute atomic E-state index is 0.0385. The largest absolute Gasteiger partial charge is 0.495 e. The molecule has 0 unspecified atom stereocenters. The van der Waals surface area contributed by atoms with E-state index >= 15 is 0 Å². The van der Waals surface area contributed by atoms with E-state index in [4.69, 9.17) is 9.15 Å². The zero-order valence-corrected chi connectivity index (χ0v) is 11.8. The number of nitrogens with one attached hydrogen (secondary N) is 1. The third-order valence-corrected chi connectivity index (χ3v) is 3.76. The van der Waals surface area contributed by atoms with Gasteiger partial charge in [0.1, 0.15) is 16.4 Å². The van der Waals surface area contributed by atoms with Crippen LogP contribution in [0.4, 0.5) is 0 Å². The summed E-state index contributed by atoms with van der Waals surface area (Å²) in [5.74, 6) is 0.709. The van der Waals surface area contributed by atoms with E-state index in [1.54, 1.807) is 31.2 Å². The number of methoxy groups -OCH3 is 1. The van der Waals surface area contributed by atoms with E-state index in [1.807, 2.05) is 0 Å². The molecule has 1 heterocycles. The molecule has 0 aliphatic rings. The molecule has 0 radical (unpaired) electrons. The lowest BCUT2D eigenvalue weighted by atomic mass is 10.2. The fourth-order valence-corrected chi connectivity index (χ4v) is 2.61. The Morgan fingerprint density at radius 3 is 2.80 bits per heavy atom. The smallest absolute Gasteiger partial charge is 0.280 e. The fraction of sp³-hybridized carbons (Fsp3) is 0.154. The van der Waals surface area contributed by atoms with Gasteiger partial charge < -0.3 is 9.15 Å². The maximum absolute atomic E-state index is 12.2. The van der Waals surface area contributed by atoms with Gasteiger partial charge in [-0.25, -0.2) is 0 Å². The highest BCUT2D eigenvalue weighted by Crippen LogP contribution is 2.24. The van der Waals surface area contributed by atoms with Crippen molar-refractivity contribution in [2.24, 2.45) is 5.10 Å². The highest BCUT2D eigenvalue weighted by molar-refractivity contribution is 7.89. The van der Waals surface area contributed by atoms with Crippen molar-refractivity contribution in [1.82, 2.24) is 4.83 Å². The molecule has 106 valence electrons. The molecule has 0 atom stereocenters. The third-order valence-electron chi connectivity index (χ3n) is 2.52. The van der Waals surface area contributed by atoms with Gasteiger partial charge >= 0.3 is 0 Å². The summed E-state index contributed by atoms with van der Waals surface area (Å²) in [6.07, 6.45) is 2.75. The molecular weight excluding hydrogens is 280 g/mol. The summed E-state index contributed by atoms with van der Waals surface area (Å²) in [4.78, 5) is 2.16. The van der Waals surface area contributed by atoms with Crippen molar-refractivity contribution in [3.05, 3.63) is 47.9 Å². The van der Waals surface area contributed by atoms with Crippen LogP contribution in [0, 0.1) is 6.92 Å². The maximum atomic E-state index is 12.2. The maximum Gasteiger partial charge on any atom is 0.280 e. The Bertz CT molecular complexity index is 706. The first kappa shape index (κ1) is 14.1. The first-order valence-corrected chi connectivity index (χ1v) is 7.24. The highest BCUT2D eigenvalue weighted by atomic mass is 32.2. The number of nitrogens with zero attached hydrogens (tertiary/aromatic N) is 1. The summed E-state index contributed by atoms with van der Waals surface area (Å²) in [5, 5.41) is 3.65. The lowest BCUT2D eigenvalue weighted by Crippen LogP contribution is -2.19. The van der Waals surface area contributed by atoms with Crippen LogP contribution in [0.3, 0.4) is 0 Å². The highest BCUT2D eigenvalue weighted by Gasteiger charge is 2.18. The molecule has 0 bridgehead atoms. The van der Waals surface area contributed by atoms with Crippen molar-refractivity contribution in [3.63, 3.8) is 0 Å². The number of rotatable bonds is 5. The van der Waals surface area contributed by atoms with Crippen molar-refractivity contribution in [3.8, 4) is 5.75 Å². The molecule has 0 spiro atoms. The Hall–Kier alpha value is -2.28. The van der Waals surface area contributed by atoms with Gasteiger partial charge in [0, 0.05) is 0 Å². The van der Waals surface area contributed by atoms with Crippen LogP contribution in [0.1, 0.15) is 11.3 Å². The molecule has 2 aromatic rings. The summed E-state index contributed by atoms with van der Waals surface area (Å²) >= 11 is 0. The zero-order chi connectivity index (χ0) is 14.6. The van der Waals surface area contributed by atoms with Gasteiger partial charge in [0.25, 0.3) is 10.0 Å². The van der Waals surface area contributed by atoms with Crippen LogP contribution in [0.2, 0.25) is 0 Å². The molecule has 0 amide bonds. The Morgan fingerprint density at radius 2 is 2.15 bits per heavy atom. The van der Waals surface area contributed by atoms with Crippen molar-refractivity contribution < 1.29 is 17.6 Å². The van der Waals surface area contributed by atoms with Gasteiger partial charge in [-0.15, -0.1) is 0 Å². The predicted octanol–water partition coefficient (Wildman–Crippen LogP) is 1.91. The molecule has 20 heavy (non-hydrogen) atoms. The minimum Gasteiger partial charge on any atom is -0.495 e. The minimum atomic E-state index is -3.79. The second-order valence-corrected chi connectivity index (χ2v) is 5.65. The van der Waals surface area contributed by atoms with Gasteiger partial charge in [0.15, 0.2) is 0 Å². The van der Waals surface area contributed by atoms with Crippen molar-refractivity contribution in [2.45, 2.75) is 11.8 Å². The van der Waals surface area contributed by atoms with E-state index in [2.05, 4.69) is 9.93 Å². The Labute approximate surface area is 117 Å². The number of hydrazone groups is 1. The zero-order valence-electron chi connectivity index (χ0n) is 11.0. The second-order valence-electron chi connectivity index (χ2n) is 4.02. The lowest BCUT2D eigenvalue weighted by molar-refractivity contribution is 0.402. The van der Waals surface area contributed by atoms with Crippen molar-refractivity contribution >= 4 is 16.2 Å². The van der Waals surface area contributed by atoms with Gasteiger partial charge in [-0.1, -0.05) is 6.07 Å². The third kappa shape index (κ3) is 3.18. The standard InChI is InChI=1S/C13H14N2O4S/c1-10-5-6-12(18-2)13(8-10)20(16,17)15-14-9-11-4-3-7-19-11/h3-9,15H,1-2H3/b14-9+. The first-order valence-electron chi connectivity index (χ1n) is 5.76. The van der Waals surface area contributed by atoms with E-state index in [0.29, 0.717) is 5.76 Å². The summed E-state index contributed by atoms with van der Waals surface area (Å²) in [6.45, 7) is 1.80. The Kier molecular flexibility index (Phi) is 4.09. The number of furan rings is 1. The quantitative estimate of drug-likeness (QED) is 0.674. The number of hydrogen-bond acceptors (Lipinski definition) is 5. The van der Waals surface area contributed by atoms with Crippen LogP contribution < -0.4 is 9.57 Å². The van der Waals surface area contributed by atoms with Crippen molar-refractivity contribution in [2.75, 3.05) is 7.11 Å². The van der Waals surface area contributed by atoms with Crippen LogP contribution in [0.15, 0.2) is 51.0 Å². The molecular formula is C13H14N2O4S. The van der Waals surface area contributed by atoms with E-state index in [1.165, 1.54) is 25.7 Å². The normalized spacial score (nSPS) is 11.7. The first-order chi connectivity index (χ1) is 9.53. The second kappa shape index (κ2) is 5.79. The molecule has 1 aromatic carbocycles. The number of aryl methyl sites for hydroxylation is 1. The topological polar surface area (TPSA) is 80.9 Å². The predicted molar refractivity (Wildman–Crippen MR) is 74.4 cm³/mol. The van der Waals surface area contributed by atoms with Gasteiger partial charge in [0.2, 0.25) is 0 Å². The summed E-state index contributed by atoms with van der Waals surface area (Å²) < 4.78 is 34.4. The molecule has 0 fully saturated rings. The molecule has 0 aliphatic heterocycles. The molecule has 1 N–H and O–H groups in total. The van der Waals surface area contributed by atoms with Gasteiger partial charge in [-0.05, 0) is 36.8 Å². The Balaban J connectivity index is 2.24. The molecule has 0 saturated heterocycles. The summed E-state index contributed by atoms with van der Waals surface area (Å²) in [7, 11) is -2.38. The monoisotopic (exact) mass is 294 g/mol. The number of hydrogen-bond donors (Lipinski definition) is 1. The number of ether oxygens (including phenoxy) is 1. The summed E-state index contributed by atoms with van der Waals surface area (Å²) in [6, 6.07) is 8.22. The van der Waals surface area contributed by atoms with Crippen LogP contribution in [0.5, 0.6) is 5.75 Å². The van der Waals surface area contributed by atoms with Crippen LogP contribution in [-0.4, -0.2) is 21.7 Å². The van der Waals surface area contributed by atoms with E-state index < -0.39 is 10.0 Å². The van der Waals surface area contributed by atoms with Gasteiger partial charge in [-0.3, -0.25) is 0 Å². The average Bonchev–Trinajstić information content (AvgIpc) is 2.91.